The van der Waals surface area contributed by atoms with Crippen LogP contribution in [0.5, 0.6) is 0 Å². The minimum Gasteiger partial charge on any atom is -0.451 e. The van der Waals surface area contributed by atoms with Gasteiger partial charge in [-0.3, -0.25) is 4.79 Å². The van der Waals surface area contributed by atoms with Crippen LogP contribution in [0, 0.1) is 25.2 Å². The zero-order valence-corrected chi connectivity index (χ0v) is 17.3. The van der Waals surface area contributed by atoms with Gasteiger partial charge < -0.3 is 19.4 Å². The summed E-state index contributed by atoms with van der Waals surface area (Å²) in [4.78, 5) is 24.0. The molecule has 7 heteroatoms. The van der Waals surface area contributed by atoms with E-state index >= 15 is 0 Å². The maximum atomic E-state index is 12.2. The Kier molecular flexibility index (Phi) is 7.03. The van der Waals surface area contributed by atoms with Gasteiger partial charge in [-0.2, -0.15) is 5.26 Å². The highest BCUT2D eigenvalue weighted by Crippen LogP contribution is 2.22. The van der Waals surface area contributed by atoms with Gasteiger partial charge in [0.15, 0.2) is 6.61 Å². The summed E-state index contributed by atoms with van der Waals surface area (Å²) in [5, 5.41) is 12.1. The van der Waals surface area contributed by atoms with Crippen LogP contribution in [-0.4, -0.2) is 41.3 Å². The molecule has 1 saturated heterocycles. The molecule has 1 fully saturated rings. The van der Waals surface area contributed by atoms with E-state index in [2.05, 4.69) is 9.88 Å². The number of ether oxygens (including phenoxy) is 2. The molecule has 1 atom stereocenters. The lowest BCUT2D eigenvalue weighted by atomic mass is 10.1. The molecule has 7 nitrogen and oxygen atoms in total. The molecule has 1 N–H and O–H groups in total. The number of esters is 1. The lowest BCUT2D eigenvalue weighted by Crippen LogP contribution is -2.42. The van der Waals surface area contributed by atoms with Crippen molar-refractivity contribution in [1.82, 2.24) is 9.88 Å². The van der Waals surface area contributed by atoms with Gasteiger partial charge in [0.05, 0.1) is 6.10 Å². The number of nitriles is 1. The maximum Gasteiger partial charge on any atom is 0.349 e. The van der Waals surface area contributed by atoms with Crippen LogP contribution >= 0.6 is 0 Å². The number of carbonyl (C=O) groups excluding carboxylic acids is 2. The molecule has 0 spiro atoms. The Hall–Kier alpha value is -2.59. The van der Waals surface area contributed by atoms with E-state index in [0.29, 0.717) is 0 Å². The lowest BCUT2D eigenvalue weighted by Gasteiger charge is -2.20. The first-order valence-corrected chi connectivity index (χ1v) is 9.49. The summed E-state index contributed by atoms with van der Waals surface area (Å²) < 4.78 is 12.8. The van der Waals surface area contributed by atoms with Crippen LogP contribution in [0.15, 0.2) is 11.6 Å². The molecule has 0 unspecified atom stereocenters. The summed E-state index contributed by atoms with van der Waals surface area (Å²) in [6, 6.07) is 3.80. The van der Waals surface area contributed by atoms with Crippen LogP contribution in [0.2, 0.25) is 0 Å². The molecule has 2 rings (SSSR count). The van der Waals surface area contributed by atoms with E-state index in [1.165, 1.54) is 6.08 Å². The van der Waals surface area contributed by atoms with Crippen molar-refractivity contribution in [3.8, 4) is 6.07 Å². The summed E-state index contributed by atoms with van der Waals surface area (Å²) in [5.41, 5.74) is 2.22. The maximum absolute atomic E-state index is 12.2. The van der Waals surface area contributed by atoms with Crippen molar-refractivity contribution in [2.75, 3.05) is 13.2 Å². The Balaban J connectivity index is 2.08. The van der Waals surface area contributed by atoms with Gasteiger partial charge in [-0.15, -0.1) is 0 Å². The van der Waals surface area contributed by atoms with Crippen molar-refractivity contribution < 1.29 is 19.1 Å². The number of aromatic nitrogens is 1. The zero-order chi connectivity index (χ0) is 20.9. The molecule has 152 valence electrons. The van der Waals surface area contributed by atoms with Crippen LogP contribution < -0.4 is 5.32 Å². The van der Waals surface area contributed by atoms with E-state index in [1.807, 2.05) is 46.8 Å². The average Bonchev–Trinajstić information content (AvgIpc) is 3.20. The number of amides is 1. The summed E-state index contributed by atoms with van der Waals surface area (Å²) in [6.45, 7) is 10.6. The fourth-order valence-corrected chi connectivity index (χ4v) is 3.20. The van der Waals surface area contributed by atoms with Gasteiger partial charge in [0.2, 0.25) is 0 Å². The lowest BCUT2D eigenvalue weighted by molar-refractivity contribution is -0.144. The Labute approximate surface area is 166 Å². The molecular formula is C21H29N3O4. The highest BCUT2D eigenvalue weighted by Gasteiger charge is 2.20. The Morgan fingerprint density at radius 2 is 2.14 bits per heavy atom. The summed E-state index contributed by atoms with van der Waals surface area (Å²) in [6.07, 6.45) is 3.82. The topological polar surface area (TPSA) is 93.4 Å². The fraction of sp³-hybridized carbons (Fsp3) is 0.571. The monoisotopic (exact) mass is 387 g/mol. The van der Waals surface area contributed by atoms with Gasteiger partial charge in [0.1, 0.15) is 11.6 Å². The molecule has 1 aromatic heterocycles. The third kappa shape index (κ3) is 5.96. The average molecular weight is 387 g/mol. The number of nitrogens with zero attached hydrogens (tertiary/aromatic N) is 2. The standard InChI is InChI=1S/C21H29N3O4/c1-14-9-16(15(2)24(14)12-18-7-6-8-27-18)10-17(11-22)20(26)28-13-19(25)23-21(3,4)5/h9-10,18H,6-8,12-13H2,1-5H3,(H,23,25)/b17-10+/t18-/m0/s1. The van der Waals surface area contributed by atoms with E-state index in [0.717, 1.165) is 42.9 Å². The normalized spacial score (nSPS) is 17.3. The number of nitrogens with one attached hydrogen (secondary N) is 1. The van der Waals surface area contributed by atoms with E-state index < -0.39 is 24.0 Å². The highest BCUT2D eigenvalue weighted by molar-refractivity contribution is 5.99. The molecular weight excluding hydrogens is 358 g/mol. The minimum atomic E-state index is -0.810. The first kappa shape index (κ1) is 21.7. The van der Waals surface area contributed by atoms with Crippen molar-refractivity contribution in [2.24, 2.45) is 0 Å². The molecule has 0 bridgehead atoms. The molecule has 2 heterocycles. The minimum absolute atomic E-state index is 0.138. The second-order valence-electron chi connectivity index (χ2n) is 8.12. The third-order valence-corrected chi connectivity index (χ3v) is 4.51. The number of rotatable bonds is 6. The van der Waals surface area contributed by atoms with Gasteiger partial charge in [-0.1, -0.05) is 0 Å². The van der Waals surface area contributed by atoms with Gasteiger partial charge in [-0.05, 0) is 65.2 Å². The van der Waals surface area contributed by atoms with E-state index in [-0.39, 0.29) is 11.7 Å². The Morgan fingerprint density at radius 1 is 1.43 bits per heavy atom. The van der Waals surface area contributed by atoms with Crippen LogP contribution in [0.3, 0.4) is 0 Å². The van der Waals surface area contributed by atoms with Crippen molar-refractivity contribution in [2.45, 2.75) is 65.6 Å². The van der Waals surface area contributed by atoms with Crippen LogP contribution in [0.4, 0.5) is 0 Å². The second kappa shape index (κ2) is 9.07. The fourth-order valence-electron chi connectivity index (χ4n) is 3.20. The highest BCUT2D eigenvalue weighted by atomic mass is 16.5. The third-order valence-electron chi connectivity index (χ3n) is 4.51. The van der Waals surface area contributed by atoms with Gasteiger partial charge in [0.25, 0.3) is 5.91 Å². The van der Waals surface area contributed by atoms with Crippen LogP contribution in [0.25, 0.3) is 6.08 Å². The zero-order valence-electron chi connectivity index (χ0n) is 17.3. The second-order valence-corrected chi connectivity index (χ2v) is 8.12. The van der Waals surface area contributed by atoms with Crippen LogP contribution in [-0.2, 0) is 25.6 Å². The molecule has 1 aliphatic heterocycles. The molecule has 1 amide bonds. The number of hydrogen-bond acceptors (Lipinski definition) is 5. The van der Waals surface area contributed by atoms with Crippen molar-refractivity contribution in [3.05, 3.63) is 28.6 Å². The van der Waals surface area contributed by atoms with E-state index in [9.17, 15) is 14.9 Å². The molecule has 0 aromatic carbocycles. The Morgan fingerprint density at radius 3 is 2.71 bits per heavy atom. The van der Waals surface area contributed by atoms with E-state index in [1.54, 1.807) is 0 Å². The quantitative estimate of drug-likeness (QED) is 0.460. The number of aryl methyl sites for hydroxylation is 1. The van der Waals surface area contributed by atoms with Crippen LogP contribution in [0.1, 0.15) is 50.6 Å². The van der Waals surface area contributed by atoms with Crippen molar-refractivity contribution in [3.63, 3.8) is 0 Å². The van der Waals surface area contributed by atoms with Gasteiger partial charge >= 0.3 is 5.97 Å². The Bertz CT molecular complexity index is 803. The molecule has 1 aromatic rings. The summed E-state index contributed by atoms with van der Waals surface area (Å²) >= 11 is 0. The van der Waals surface area contributed by atoms with Crippen molar-refractivity contribution in [1.29, 1.82) is 5.26 Å². The smallest absolute Gasteiger partial charge is 0.349 e. The molecule has 28 heavy (non-hydrogen) atoms. The SMILES string of the molecule is Cc1cc(/C=C(\C#N)C(=O)OCC(=O)NC(C)(C)C)c(C)n1C[C@@H]1CCCO1. The number of hydrogen-bond donors (Lipinski definition) is 1. The largest absolute Gasteiger partial charge is 0.451 e. The van der Waals surface area contributed by atoms with E-state index in [4.69, 9.17) is 9.47 Å². The number of carbonyl (C=O) groups is 2. The first-order valence-electron chi connectivity index (χ1n) is 9.49. The summed E-state index contributed by atoms with van der Waals surface area (Å²) in [5.74, 6) is -1.22. The molecule has 0 saturated carbocycles. The van der Waals surface area contributed by atoms with Gasteiger partial charge in [0, 0.05) is 30.1 Å². The molecule has 1 aliphatic rings. The summed E-state index contributed by atoms with van der Waals surface area (Å²) in [7, 11) is 0. The first-order chi connectivity index (χ1) is 13.1. The predicted molar refractivity (Wildman–Crippen MR) is 105 cm³/mol. The van der Waals surface area contributed by atoms with Gasteiger partial charge in [-0.25, -0.2) is 4.79 Å². The molecule has 0 radical (unpaired) electrons. The molecule has 0 aliphatic carbocycles. The predicted octanol–water partition coefficient (Wildman–Crippen LogP) is 2.65. The van der Waals surface area contributed by atoms with Crippen molar-refractivity contribution >= 4 is 18.0 Å².